The van der Waals surface area contributed by atoms with E-state index in [9.17, 15) is 9.59 Å². The van der Waals surface area contributed by atoms with Crippen LogP contribution in [0.5, 0.6) is 0 Å². The zero-order valence-corrected chi connectivity index (χ0v) is 18.5. The van der Waals surface area contributed by atoms with Gasteiger partial charge < -0.3 is 15.7 Å². The first-order valence-electron chi connectivity index (χ1n) is 11.2. The van der Waals surface area contributed by atoms with E-state index in [1.54, 1.807) is 6.20 Å². The molecule has 0 saturated carbocycles. The predicted octanol–water partition coefficient (Wildman–Crippen LogP) is 3.77. The van der Waals surface area contributed by atoms with Gasteiger partial charge in [-0.25, -0.2) is 9.97 Å². The Morgan fingerprint density at radius 2 is 2.12 bits per heavy atom. The van der Waals surface area contributed by atoms with Gasteiger partial charge in [-0.1, -0.05) is 32.4 Å². The molecule has 1 aromatic carbocycles. The number of carboxylic acid groups (broad SMARTS) is 1. The highest BCUT2D eigenvalue weighted by Crippen LogP contribution is 2.30. The maximum absolute atomic E-state index is 11.7. The standard InChI is InChI=1S/C24H29N5O3/c1-15(2)24-28-22-16(13-25-10-5-3-4-9-21(31)32)7-6-8-19(22)29(24)18-11-17-12-20(30)27-23(17)26-14-18/h6-8,11,14-15,25H,3-5,9-10,12-13H2,1-2H3,(H,31,32)(H,26,27,30). The zero-order chi connectivity index (χ0) is 22.7. The smallest absolute Gasteiger partial charge is 0.303 e. The summed E-state index contributed by atoms with van der Waals surface area (Å²) < 4.78 is 2.14. The summed E-state index contributed by atoms with van der Waals surface area (Å²) in [4.78, 5) is 31.8. The number of benzene rings is 1. The summed E-state index contributed by atoms with van der Waals surface area (Å²) in [6.45, 7) is 5.78. The Morgan fingerprint density at radius 1 is 1.28 bits per heavy atom. The summed E-state index contributed by atoms with van der Waals surface area (Å²) in [5, 5.41) is 15.0. The van der Waals surface area contributed by atoms with Gasteiger partial charge in [-0.05, 0) is 37.1 Å². The summed E-state index contributed by atoms with van der Waals surface area (Å²) >= 11 is 0. The molecular weight excluding hydrogens is 406 g/mol. The van der Waals surface area contributed by atoms with Crippen LogP contribution in [0.25, 0.3) is 16.7 Å². The van der Waals surface area contributed by atoms with Crippen molar-refractivity contribution in [1.29, 1.82) is 0 Å². The monoisotopic (exact) mass is 435 g/mol. The number of anilines is 1. The van der Waals surface area contributed by atoms with Crippen molar-refractivity contribution in [1.82, 2.24) is 19.9 Å². The topological polar surface area (TPSA) is 109 Å². The van der Waals surface area contributed by atoms with Gasteiger partial charge >= 0.3 is 5.97 Å². The van der Waals surface area contributed by atoms with E-state index in [1.807, 2.05) is 12.1 Å². The second-order valence-electron chi connectivity index (χ2n) is 8.55. The number of nitrogens with zero attached hydrogens (tertiary/aromatic N) is 3. The number of imidazole rings is 1. The molecule has 8 nitrogen and oxygen atoms in total. The highest BCUT2D eigenvalue weighted by molar-refractivity contribution is 5.98. The van der Waals surface area contributed by atoms with Crippen LogP contribution >= 0.6 is 0 Å². The fourth-order valence-electron chi connectivity index (χ4n) is 4.12. The van der Waals surface area contributed by atoms with Crippen LogP contribution < -0.4 is 10.6 Å². The van der Waals surface area contributed by atoms with Crippen LogP contribution in [0.2, 0.25) is 0 Å². The van der Waals surface area contributed by atoms with E-state index < -0.39 is 5.97 Å². The SMILES string of the molecule is CC(C)c1nc2c(CNCCCCCC(=O)O)cccc2n1-c1cnc2c(c1)CC(=O)N2. The Balaban J connectivity index is 1.56. The Kier molecular flexibility index (Phi) is 6.50. The molecule has 8 heteroatoms. The van der Waals surface area contributed by atoms with E-state index >= 15 is 0 Å². The number of nitrogens with one attached hydrogen (secondary N) is 2. The highest BCUT2D eigenvalue weighted by Gasteiger charge is 2.22. The summed E-state index contributed by atoms with van der Waals surface area (Å²) in [6.07, 6.45) is 4.93. The number of unbranched alkanes of at least 4 members (excludes halogenated alkanes) is 2. The molecule has 1 aliphatic rings. The Labute approximate surface area is 187 Å². The molecule has 3 heterocycles. The number of rotatable bonds is 10. The fraction of sp³-hybridized carbons (Fsp3) is 0.417. The lowest BCUT2D eigenvalue weighted by atomic mass is 10.1. The molecule has 3 N–H and O–H groups in total. The van der Waals surface area contributed by atoms with Gasteiger partial charge in [0.05, 0.1) is 29.3 Å². The number of para-hydroxylation sites is 1. The third-order valence-electron chi connectivity index (χ3n) is 5.69. The van der Waals surface area contributed by atoms with E-state index in [-0.39, 0.29) is 18.2 Å². The average molecular weight is 436 g/mol. The molecule has 3 aromatic rings. The van der Waals surface area contributed by atoms with Crippen molar-refractivity contribution in [2.45, 2.75) is 58.4 Å². The van der Waals surface area contributed by atoms with E-state index in [1.165, 1.54) is 0 Å². The largest absolute Gasteiger partial charge is 0.481 e. The average Bonchev–Trinajstić information content (AvgIpc) is 3.32. The van der Waals surface area contributed by atoms with Crippen molar-refractivity contribution < 1.29 is 14.7 Å². The molecule has 0 aliphatic carbocycles. The van der Waals surface area contributed by atoms with Crippen molar-refractivity contribution >= 4 is 28.7 Å². The molecule has 4 rings (SSSR count). The molecule has 168 valence electrons. The van der Waals surface area contributed by atoms with Crippen LogP contribution in [0.15, 0.2) is 30.5 Å². The lowest BCUT2D eigenvalue weighted by Crippen LogP contribution is -2.15. The summed E-state index contributed by atoms with van der Waals surface area (Å²) in [5.41, 5.74) is 4.93. The van der Waals surface area contributed by atoms with Gasteiger partial charge in [0.1, 0.15) is 11.6 Å². The second kappa shape index (κ2) is 9.48. The molecule has 0 unspecified atom stereocenters. The minimum atomic E-state index is -0.734. The number of carbonyl (C=O) groups is 2. The normalized spacial score (nSPS) is 13.0. The summed E-state index contributed by atoms with van der Waals surface area (Å²) in [5.74, 6) is 1.05. The first-order valence-corrected chi connectivity index (χ1v) is 11.2. The molecule has 0 bridgehead atoms. The zero-order valence-electron chi connectivity index (χ0n) is 18.5. The van der Waals surface area contributed by atoms with Crippen LogP contribution in [-0.2, 0) is 22.6 Å². The molecule has 0 saturated heterocycles. The van der Waals surface area contributed by atoms with Crippen LogP contribution in [0, 0.1) is 0 Å². The van der Waals surface area contributed by atoms with Crippen molar-refractivity contribution in [2.75, 3.05) is 11.9 Å². The third kappa shape index (κ3) is 4.65. The van der Waals surface area contributed by atoms with E-state index in [2.05, 4.69) is 46.2 Å². The molecule has 0 atom stereocenters. The molecule has 1 amide bonds. The summed E-state index contributed by atoms with van der Waals surface area (Å²) in [6, 6.07) is 8.22. The molecule has 2 aromatic heterocycles. The van der Waals surface area contributed by atoms with Gasteiger partial charge in [0, 0.05) is 24.4 Å². The van der Waals surface area contributed by atoms with Gasteiger partial charge in [0.2, 0.25) is 5.91 Å². The van der Waals surface area contributed by atoms with Gasteiger partial charge in [-0.15, -0.1) is 0 Å². The van der Waals surface area contributed by atoms with Crippen molar-refractivity contribution in [3.05, 3.63) is 47.4 Å². The molecule has 32 heavy (non-hydrogen) atoms. The third-order valence-corrected chi connectivity index (χ3v) is 5.69. The Hall–Kier alpha value is -3.26. The fourth-order valence-corrected chi connectivity index (χ4v) is 4.12. The maximum atomic E-state index is 11.7. The van der Waals surface area contributed by atoms with Crippen molar-refractivity contribution in [3.8, 4) is 5.69 Å². The first-order chi connectivity index (χ1) is 15.4. The Bertz CT molecular complexity index is 1150. The molecule has 0 spiro atoms. The molecule has 1 aliphatic heterocycles. The second-order valence-corrected chi connectivity index (χ2v) is 8.55. The predicted molar refractivity (Wildman–Crippen MR) is 123 cm³/mol. The molecular formula is C24H29N5O3. The first kappa shape index (κ1) is 22.0. The van der Waals surface area contributed by atoms with Crippen LogP contribution in [-0.4, -0.2) is 38.1 Å². The lowest BCUT2D eigenvalue weighted by molar-refractivity contribution is -0.137. The lowest BCUT2D eigenvalue weighted by Gasteiger charge is -2.12. The van der Waals surface area contributed by atoms with E-state index in [0.717, 1.165) is 53.1 Å². The number of hydrogen-bond donors (Lipinski definition) is 3. The number of aromatic nitrogens is 3. The van der Waals surface area contributed by atoms with Crippen molar-refractivity contribution in [2.24, 2.45) is 0 Å². The van der Waals surface area contributed by atoms with Gasteiger partial charge in [0.25, 0.3) is 0 Å². The number of fused-ring (bicyclic) bond motifs is 2. The van der Waals surface area contributed by atoms with Gasteiger partial charge in [-0.2, -0.15) is 0 Å². The minimum Gasteiger partial charge on any atom is -0.481 e. The quantitative estimate of drug-likeness (QED) is 0.418. The Morgan fingerprint density at radius 3 is 2.91 bits per heavy atom. The van der Waals surface area contributed by atoms with E-state index in [4.69, 9.17) is 10.1 Å². The number of hydrogen-bond acceptors (Lipinski definition) is 5. The van der Waals surface area contributed by atoms with Crippen LogP contribution in [0.4, 0.5) is 5.82 Å². The van der Waals surface area contributed by atoms with Crippen LogP contribution in [0.3, 0.4) is 0 Å². The van der Waals surface area contributed by atoms with Crippen molar-refractivity contribution in [3.63, 3.8) is 0 Å². The number of carbonyl (C=O) groups excluding carboxylic acids is 1. The maximum Gasteiger partial charge on any atom is 0.303 e. The van der Waals surface area contributed by atoms with Crippen LogP contribution in [0.1, 0.15) is 62.4 Å². The van der Waals surface area contributed by atoms with Gasteiger partial charge in [0.15, 0.2) is 0 Å². The number of aliphatic carboxylic acids is 1. The minimum absolute atomic E-state index is 0.0273. The van der Waals surface area contributed by atoms with E-state index in [0.29, 0.717) is 25.2 Å². The number of carboxylic acids is 1. The highest BCUT2D eigenvalue weighted by atomic mass is 16.4. The number of amides is 1. The number of pyridine rings is 1. The summed E-state index contributed by atoms with van der Waals surface area (Å²) in [7, 11) is 0. The van der Waals surface area contributed by atoms with Gasteiger partial charge in [-0.3, -0.25) is 14.2 Å². The molecule has 0 radical (unpaired) electrons. The molecule has 0 fully saturated rings.